The molecule has 0 saturated carbocycles. The lowest BCUT2D eigenvalue weighted by Crippen LogP contribution is -2.19. The van der Waals surface area contributed by atoms with Gasteiger partial charge in [0.2, 0.25) is 0 Å². The molecule has 0 bridgehead atoms. The van der Waals surface area contributed by atoms with Gasteiger partial charge >= 0.3 is 0 Å². The number of halogens is 1. The highest BCUT2D eigenvalue weighted by Crippen LogP contribution is 2.26. The van der Waals surface area contributed by atoms with Gasteiger partial charge in [-0.3, -0.25) is 0 Å². The van der Waals surface area contributed by atoms with Crippen LogP contribution >= 0.6 is 0 Å². The molecule has 4 heteroatoms. The first-order valence-corrected chi connectivity index (χ1v) is 7.48. The Morgan fingerprint density at radius 1 is 1.50 bits per heavy atom. The van der Waals surface area contributed by atoms with E-state index in [0.29, 0.717) is 18.5 Å². The van der Waals surface area contributed by atoms with Gasteiger partial charge in [-0.2, -0.15) is 0 Å². The van der Waals surface area contributed by atoms with E-state index < -0.39 is 0 Å². The van der Waals surface area contributed by atoms with E-state index in [2.05, 4.69) is 19.2 Å². The molecule has 0 aromatic heterocycles. The maximum atomic E-state index is 13.4. The van der Waals surface area contributed by atoms with Crippen LogP contribution < -0.4 is 10.1 Å². The molecule has 0 amide bonds. The Labute approximate surface area is 120 Å². The number of rotatable bonds is 7. The van der Waals surface area contributed by atoms with Crippen molar-refractivity contribution in [1.82, 2.24) is 5.32 Å². The van der Waals surface area contributed by atoms with E-state index in [9.17, 15) is 4.39 Å². The third kappa shape index (κ3) is 4.18. The third-order valence-electron chi connectivity index (χ3n) is 3.67. The van der Waals surface area contributed by atoms with Crippen molar-refractivity contribution in [1.29, 1.82) is 0 Å². The molecule has 0 aliphatic carbocycles. The summed E-state index contributed by atoms with van der Waals surface area (Å²) in [6, 6.07) is 4.90. The van der Waals surface area contributed by atoms with Gasteiger partial charge in [0.25, 0.3) is 0 Å². The Kier molecular flexibility index (Phi) is 5.80. The predicted octanol–water partition coefficient (Wildman–Crippen LogP) is 3.44. The van der Waals surface area contributed by atoms with Crippen molar-refractivity contribution in [3.8, 4) is 5.75 Å². The zero-order chi connectivity index (χ0) is 14.4. The van der Waals surface area contributed by atoms with Gasteiger partial charge in [0.1, 0.15) is 11.6 Å². The van der Waals surface area contributed by atoms with Crippen LogP contribution in [0.1, 0.15) is 44.7 Å². The second kappa shape index (κ2) is 7.60. The van der Waals surface area contributed by atoms with Crippen molar-refractivity contribution < 1.29 is 13.9 Å². The molecule has 2 unspecified atom stereocenters. The number of hydrogen-bond donors (Lipinski definition) is 1. The first-order chi connectivity index (χ1) is 9.70. The lowest BCUT2D eigenvalue weighted by molar-refractivity contribution is 0.0901. The molecule has 20 heavy (non-hydrogen) atoms. The Morgan fingerprint density at radius 2 is 2.35 bits per heavy atom. The molecule has 1 N–H and O–H groups in total. The Balaban J connectivity index is 1.95. The molecule has 1 saturated heterocycles. The highest BCUT2D eigenvalue weighted by molar-refractivity contribution is 5.36. The molecule has 3 nitrogen and oxygen atoms in total. The van der Waals surface area contributed by atoms with Gasteiger partial charge < -0.3 is 14.8 Å². The summed E-state index contributed by atoms with van der Waals surface area (Å²) in [5, 5.41) is 3.33. The predicted molar refractivity (Wildman–Crippen MR) is 77.6 cm³/mol. The van der Waals surface area contributed by atoms with Crippen molar-refractivity contribution in [2.45, 2.75) is 45.3 Å². The minimum absolute atomic E-state index is 0.151. The molecule has 0 radical (unpaired) electrons. The molecule has 1 heterocycles. The van der Waals surface area contributed by atoms with Crippen LogP contribution in [0.25, 0.3) is 0 Å². The molecule has 2 atom stereocenters. The lowest BCUT2D eigenvalue weighted by Gasteiger charge is -2.18. The Bertz CT molecular complexity index is 419. The average molecular weight is 281 g/mol. The van der Waals surface area contributed by atoms with E-state index in [4.69, 9.17) is 9.47 Å². The number of nitrogens with one attached hydrogen (secondary N) is 1. The molecular formula is C16H24FNO2. The van der Waals surface area contributed by atoms with Crippen molar-refractivity contribution in [3.63, 3.8) is 0 Å². The molecule has 2 rings (SSSR count). The van der Waals surface area contributed by atoms with E-state index in [1.165, 1.54) is 12.1 Å². The van der Waals surface area contributed by atoms with Crippen LogP contribution in [0, 0.1) is 5.82 Å². The summed E-state index contributed by atoms with van der Waals surface area (Å²) >= 11 is 0. The summed E-state index contributed by atoms with van der Waals surface area (Å²) in [5.74, 6) is 0.376. The first kappa shape index (κ1) is 15.3. The fourth-order valence-electron chi connectivity index (χ4n) is 2.58. The summed E-state index contributed by atoms with van der Waals surface area (Å²) in [5.41, 5.74) is 1.00. The highest BCUT2D eigenvalue weighted by Gasteiger charge is 2.16. The van der Waals surface area contributed by atoms with Gasteiger partial charge in [-0.1, -0.05) is 13.0 Å². The zero-order valence-electron chi connectivity index (χ0n) is 12.3. The van der Waals surface area contributed by atoms with E-state index in [-0.39, 0.29) is 11.9 Å². The molecule has 112 valence electrons. The molecule has 0 spiro atoms. The zero-order valence-corrected chi connectivity index (χ0v) is 12.3. The van der Waals surface area contributed by atoms with Crippen molar-refractivity contribution in [2.24, 2.45) is 0 Å². The van der Waals surface area contributed by atoms with Gasteiger partial charge in [0.05, 0.1) is 12.7 Å². The summed E-state index contributed by atoms with van der Waals surface area (Å²) in [7, 11) is 0. The van der Waals surface area contributed by atoms with Gasteiger partial charge in [0, 0.05) is 30.7 Å². The second-order valence-electron chi connectivity index (χ2n) is 5.23. The highest BCUT2D eigenvalue weighted by atomic mass is 19.1. The Morgan fingerprint density at radius 3 is 3.05 bits per heavy atom. The normalized spacial score (nSPS) is 20.1. The van der Waals surface area contributed by atoms with Crippen LogP contribution in [0.5, 0.6) is 5.75 Å². The first-order valence-electron chi connectivity index (χ1n) is 7.48. The van der Waals surface area contributed by atoms with Gasteiger partial charge in [-0.25, -0.2) is 4.39 Å². The summed E-state index contributed by atoms with van der Waals surface area (Å²) < 4.78 is 24.8. The second-order valence-corrected chi connectivity index (χ2v) is 5.23. The molecule has 1 aliphatic heterocycles. The van der Waals surface area contributed by atoms with E-state index in [1.54, 1.807) is 6.07 Å². The summed E-state index contributed by atoms with van der Waals surface area (Å²) in [6.07, 6.45) is 3.41. The van der Waals surface area contributed by atoms with Gasteiger partial charge in [0.15, 0.2) is 0 Å². The SMILES string of the molecule is CCNC(C)c1ccc(F)cc1OCCC1CCCO1. The van der Waals surface area contributed by atoms with Crippen molar-refractivity contribution in [2.75, 3.05) is 19.8 Å². The monoisotopic (exact) mass is 281 g/mol. The van der Waals surface area contributed by atoms with Crippen LogP contribution in [-0.2, 0) is 4.74 Å². The summed E-state index contributed by atoms with van der Waals surface area (Å²) in [6.45, 7) is 6.41. The maximum Gasteiger partial charge on any atom is 0.126 e. The van der Waals surface area contributed by atoms with E-state index in [0.717, 1.165) is 38.0 Å². The summed E-state index contributed by atoms with van der Waals surface area (Å²) in [4.78, 5) is 0. The maximum absolute atomic E-state index is 13.4. The quantitative estimate of drug-likeness (QED) is 0.830. The van der Waals surface area contributed by atoms with Crippen molar-refractivity contribution in [3.05, 3.63) is 29.6 Å². The largest absolute Gasteiger partial charge is 0.493 e. The fourth-order valence-corrected chi connectivity index (χ4v) is 2.58. The topological polar surface area (TPSA) is 30.5 Å². The Hall–Kier alpha value is -1.13. The van der Waals surface area contributed by atoms with Gasteiger partial charge in [-0.05, 0) is 32.4 Å². The molecular weight excluding hydrogens is 257 g/mol. The van der Waals surface area contributed by atoms with Crippen LogP contribution in [0.15, 0.2) is 18.2 Å². The van der Waals surface area contributed by atoms with Crippen LogP contribution in [0.4, 0.5) is 4.39 Å². The number of benzene rings is 1. The number of hydrogen-bond acceptors (Lipinski definition) is 3. The van der Waals surface area contributed by atoms with Crippen LogP contribution in [-0.4, -0.2) is 25.9 Å². The van der Waals surface area contributed by atoms with Crippen LogP contribution in [0.3, 0.4) is 0 Å². The minimum atomic E-state index is -0.260. The van der Waals surface area contributed by atoms with Crippen LogP contribution in [0.2, 0.25) is 0 Å². The third-order valence-corrected chi connectivity index (χ3v) is 3.67. The fraction of sp³-hybridized carbons (Fsp3) is 0.625. The van der Waals surface area contributed by atoms with E-state index in [1.807, 2.05) is 0 Å². The van der Waals surface area contributed by atoms with E-state index >= 15 is 0 Å². The van der Waals surface area contributed by atoms with Crippen molar-refractivity contribution >= 4 is 0 Å². The number of ether oxygens (including phenoxy) is 2. The molecule has 1 aromatic rings. The smallest absolute Gasteiger partial charge is 0.126 e. The molecule has 1 fully saturated rings. The minimum Gasteiger partial charge on any atom is -0.493 e. The van der Waals surface area contributed by atoms with Gasteiger partial charge in [-0.15, -0.1) is 0 Å². The standard InChI is InChI=1S/C16H24FNO2/c1-3-18-12(2)15-7-6-13(17)11-16(15)20-10-8-14-5-4-9-19-14/h6-7,11-12,14,18H,3-5,8-10H2,1-2H3. The molecule has 1 aromatic carbocycles. The average Bonchev–Trinajstić information content (AvgIpc) is 2.92. The lowest BCUT2D eigenvalue weighted by atomic mass is 10.1. The molecule has 1 aliphatic rings.